The first-order valence-corrected chi connectivity index (χ1v) is 8.97. The van der Waals surface area contributed by atoms with E-state index in [1.807, 2.05) is 12.1 Å². The molecule has 1 atom stereocenters. The third-order valence-corrected chi connectivity index (χ3v) is 4.93. The number of piperidine rings is 1. The van der Waals surface area contributed by atoms with Gasteiger partial charge in [0.25, 0.3) is 0 Å². The van der Waals surface area contributed by atoms with Gasteiger partial charge in [0.2, 0.25) is 0 Å². The Morgan fingerprint density at radius 1 is 1.15 bits per heavy atom. The monoisotopic (exact) mass is 403 g/mol. The van der Waals surface area contributed by atoms with Crippen molar-refractivity contribution in [3.05, 3.63) is 46.0 Å². The van der Waals surface area contributed by atoms with Gasteiger partial charge in [-0.1, -0.05) is 29.3 Å². The summed E-state index contributed by atoms with van der Waals surface area (Å²) in [6.45, 7) is 2.26. The fourth-order valence-corrected chi connectivity index (χ4v) is 3.26. The SMILES string of the molecule is O=C(O)C=CC(=O)O.OCCCC1(c2ccc(Cl)c(Cl)c2)CCCNC1. The molecule has 1 aromatic carbocycles. The Bertz CT molecular complexity index is 626. The maximum absolute atomic E-state index is 9.55. The van der Waals surface area contributed by atoms with Crippen molar-refractivity contribution in [2.45, 2.75) is 31.1 Å². The lowest BCUT2D eigenvalue weighted by molar-refractivity contribution is -0.134. The molecule has 0 aromatic heterocycles. The van der Waals surface area contributed by atoms with Crippen molar-refractivity contribution in [3.63, 3.8) is 0 Å². The highest BCUT2D eigenvalue weighted by Gasteiger charge is 2.33. The van der Waals surface area contributed by atoms with Crippen LogP contribution in [0, 0.1) is 0 Å². The molecule has 1 aliphatic rings. The Labute approximate surface area is 162 Å². The van der Waals surface area contributed by atoms with Crippen LogP contribution in [-0.2, 0) is 15.0 Å². The summed E-state index contributed by atoms with van der Waals surface area (Å²) in [7, 11) is 0. The van der Waals surface area contributed by atoms with Gasteiger partial charge in [-0.3, -0.25) is 0 Å². The van der Waals surface area contributed by atoms with Crippen LogP contribution in [0.1, 0.15) is 31.2 Å². The van der Waals surface area contributed by atoms with Gasteiger partial charge in [0, 0.05) is 30.7 Å². The number of aliphatic hydroxyl groups is 1. The molecule has 0 amide bonds. The van der Waals surface area contributed by atoms with Crippen LogP contribution in [-0.4, -0.2) is 47.0 Å². The zero-order valence-corrected chi connectivity index (χ0v) is 15.8. The van der Waals surface area contributed by atoms with Crippen molar-refractivity contribution in [1.82, 2.24) is 5.32 Å². The molecular weight excluding hydrogens is 381 g/mol. The van der Waals surface area contributed by atoms with Gasteiger partial charge in [-0.25, -0.2) is 9.59 Å². The molecule has 1 aromatic rings. The summed E-state index contributed by atoms with van der Waals surface area (Å²) in [6, 6.07) is 5.92. The van der Waals surface area contributed by atoms with Crippen LogP contribution in [0.4, 0.5) is 0 Å². The number of hydrogen-bond donors (Lipinski definition) is 4. The molecule has 6 nitrogen and oxygen atoms in total. The molecule has 0 bridgehead atoms. The summed E-state index contributed by atoms with van der Waals surface area (Å²) < 4.78 is 0. The van der Waals surface area contributed by atoms with Crippen molar-refractivity contribution >= 4 is 35.1 Å². The van der Waals surface area contributed by atoms with Gasteiger partial charge < -0.3 is 20.6 Å². The maximum atomic E-state index is 9.55. The van der Waals surface area contributed by atoms with Crippen LogP contribution >= 0.6 is 23.2 Å². The summed E-state index contributed by atoms with van der Waals surface area (Å²) in [5.74, 6) is -2.51. The summed E-state index contributed by atoms with van der Waals surface area (Å²) in [4.78, 5) is 19.1. The van der Waals surface area contributed by atoms with Gasteiger partial charge in [0.05, 0.1) is 10.0 Å². The third kappa shape index (κ3) is 7.33. The highest BCUT2D eigenvalue weighted by molar-refractivity contribution is 6.42. The lowest BCUT2D eigenvalue weighted by atomic mass is 9.71. The van der Waals surface area contributed by atoms with Crippen LogP contribution in [0.25, 0.3) is 0 Å². The van der Waals surface area contributed by atoms with Crippen LogP contribution < -0.4 is 5.32 Å². The summed E-state index contributed by atoms with van der Waals surface area (Å²) in [6.07, 6.45) is 5.21. The summed E-state index contributed by atoms with van der Waals surface area (Å²) in [5, 5.41) is 29.4. The third-order valence-electron chi connectivity index (χ3n) is 4.19. The first-order valence-electron chi connectivity index (χ1n) is 8.22. The smallest absolute Gasteiger partial charge is 0.328 e. The Morgan fingerprint density at radius 3 is 2.27 bits per heavy atom. The van der Waals surface area contributed by atoms with Gasteiger partial charge >= 0.3 is 11.9 Å². The number of benzene rings is 1. The number of aliphatic carboxylic acids is 2. The number of aliphatic hydroxyl groups excluding tert-OH is 1. The number of carboxylic acids is 2. The highest BCUT2D eigenvalue weighted by Crippen LogP contribution is 2.38. The van der Waals surface area contributed by atoms with Gasteiger partial charge in [-0.2, -0.15) is 0 Å². The molecule has 26 heavy (non-hydrogen) atoms. The summed E-state index contributed by atoms with van der Waals surface area (Å²) in [5.41, 5.74) is 1.33. The fraction of sp³-hybridized carbons (Fsp3) is 0.444. The van der Waals surface area contributed by atoms with E-state index in [9.17, 15) is 9.59 Å². The van der Waals surface area contributed by atoms with Gasteiger partial charge in [0.15, 0.2) is 0 Å². The predicted octanol–water partition coefficient (Wildman–Crippen LogP) is 3.10. The van der Waals surface area contributed by atoms with E-state index in [4.69, 9.17) is 38.5 Å². The largest absolute Gasteiger partial charge is 0.478 e. The van der Waals surface area contributed by atoms with E-state index < -0.39 is 11.9 Å². The van der Waals surface area contributed by atoms with E-state index in [1.54, 1.807) is 0 Å². The molecule has 1 aliphatic heterocycles. The number of hydrogen-bond acceptors (Lipinski definition) is 4. The fourth-order valence-electron chi connectivity index (χ4n) is 2.96. The average Bonchev–Trinajstić information content (AvgIpc) is 2.62. The molecule has 1 unspecified atom stereocenters. The zero-order valence-electron chi connectivity index (χ0n) is 14.3. The second-order valence-electron chi connectivity index (χ2n) is 6.03. The number of carboxylic acid groups (broad SMARTS) is 2. The molecule has 1 fully saturated rings. The highest BCUT2D eigenvalue weighted by atomic mass is 35.5. The number of rotatable bonds is 6. The molecule has 0 spiro atoms. The topological polar surface area (TPSA) is 107 Å². The van der Waals surface area contributed by atoms with Crippen molar-refractivity contribution in [3.8, 4) is 0 Å². The van der Waals surface area contributed by atoms with Crippen molar-refractivity contribution < 1.29 is 24.9 Å². The molecule has 1 saturated heterocycles. The first-order chi connectivity index (χ1) is 12.3. The molecule has 8 heteroatoms. The molecule has 0 saturated carbocycles. The second-order valence-corrected chi connectivity index (χ2v) is 6.84. The van der Waals surface area contributed by atoms with E-state index in [0.29, 0.717) is 22.2 Å². The molecule has 0 aliphatic carbocycles. The minimum absolute atomic E-state index is 0.0925. The van der Waals surface area contributed by atoms with Crippen molar-refractivity contribution in [2.75, 3.05) is 19.7 Å². The van der Waals surface area contributed by atoms with E-state index in [0.717, 1.165) is 38.8 Å². The number of halogens is 2. The minimum Gasteiger partial charge on any atom is -0.478 e. The standard InChI is InChI=1S/C14H19Cl2NO.C4H4O4/c15-12-4-3-11(9-13(12)16)14(6-2-8-18)5-1-7-17-10-14;5-3(6)1-2-4(7)8/h3-4,9,17-18H,1-2,5-8,10H2;1-2H,(H,5,6)(H,7,8). The van der Waals surface area contributed by atoms with Crippen LogP contribution in [0.5, 0.6) is 0 Å². The molecule has 4 N–H and O–H groups in total. The van der Waals surface area contributed by atoms with E-state index in [-0.39, 0.29) is 12.0 Å². The Balaban J connectivity index is 0.000000359. The van der Waals surface area contributed by atoms with Gasteiger partial charge in [0.1, 0.15) is 0 Å². The Hall–Kier alpha value is -1.60. The number of carbonyl (C=O) groups is 2. The second kappa shape index (κ2) is 11.2. The quantitative estimate of drug-likeness (QED) is 0.543. The van der Waals surface area contributed by atoms with E-state index in [2.05, 4.69) is 11.4 Å². The Morgan fingerprint density at radius 2 is 1.81 bits per heavy atom. The predicted molar refractivity (Wildman–Crippen MR) is 101 cm³/mol. The molecule has 0 radical (unpaired) electrons. The van der Waals surface area contributed by atoms with E-state index in [1.165, 1.54) is 5.56 Å². The Kier molecular flexibility index (Phi) is 9.65. The lowest BCUT2D eigenvalue weighted by Gasteiger charge is -2.38. The summed E-state index contributed by atoms with van der Waals surface area (Å²) >= 11 is 12.1. The average molecular weight is 404 g/mol. The number of nitrogens with one attached hydrogen (secondary N) is 1. The molecule has 2 rings (SSSR count). The van der Waals surface area contributed by atoms with Crippen LogP contribution in [0.2, 0.25) is 10.0 Å². The first kappa shape index (κ1) is 22.4. The van der Waals surface area contributed by atoms with Crippen molar-refractivity contribution in [2.24, 2.45) is 0 Å². The van der Waals surface area contributed by atoms with Crippen LogP contribution in [0.15, 0.2) is 30.4 Å². The molecule has 144 valence electrons. The van der Waals surface area contributed by atoms with Crippen LogP contribution in [0.3, 0.4) is 0 Å². The van der Waals surface area contributed by atoms with E-state index >= 15 is 0 Å². The van der Waals surface area contributed by atoms with Gasteiger partial charge in [-0.05, 0) is 49.9 Å². The normalized spacial score (nSPS) is 19.7. The zero-order chi connectivity index (χ0) is 19.6. The molecule has 1 heterocycles. The maximum Gasteiger partial charge on any atom is 0.328 e. The van der Waals surface area contributed by atoms with Gasteiger partial charge in [-0.15, -0.1) is 0 Å². The lowest BCUT2D eigenvalue weighted by Crippen LogP contribution is -2.43. The van der Waals surface area contributed by atoms with Crippen molar-refractivity contribution in [1.29, 1.82) is 0 Å². The minimum atomic E-state index is -1.26. The molecular formula is C18H23Cl2NO5.